The lowest BCUT2D eigenvalue weighted by atomic mass is 9.97. The fourth-order valence-electron chi connectivity index (χ4n) is 2.72. The van der Waals surface area contributed by atoms with Crippen LogP contribution >= 0.6 is 0 Å². The van der Waals surface area contributed by atoms with E-state index in [1.807, 2.05) is 0 Å². The first-order chi connectivity index (χ1) is 14.5. The maximum atomic E-state index is 12.2. The van der Waals surface area contributed by atoms with Crippen LogP contribution in [0.2, 0.25) is 0 Å². The summed E-state index contributed by atoms with van der Waals surface area (Å²) in [7, 11) is 0. The first kappa shape index (κ1) is 24.1. The van der Waals surface area contributed by atoms with Gasteiger partial charge in [0.1, 0.15) is 5.75 Å². The van der Waals surface area contributed by atoms with E-state index in [1.54, 1.807) is 0 Å². The highest BCUT2D eigenvalue weighted by molar-refractivity contribution is 5.94. The maximum Gasteiger partial charge on any atom is 0.454 e. The van der Waals surface area contributed by atoms with Crippen LogP contribution in [0.5, 0.6) is 5.75 Å². The number of benzene rings is 1. The molecule has 1 fully saturated rings. The van der Waals surface area contributed by atoms with E-state index in [4.69, 9.17) is 4.74 Å². The molecule has 0 spiro atoms. The van der Waals surface area contributed by atoms with Crippen LogP contribution in [0.25, 0.3) is 0 Å². The lowest BCUT2D eigenvalue weighted by molar-refractivity contribution is -0.165. The molecule has 0 atom stereocenters. The van der Waals surface area contributed by atoms with Crippen molar-refractivity contribution in [2.75, 3.05) is 25.0 Å². The average Bonchev–Trinajstić information content (AvgIpc) is 2.71. The Bertz CT molecular complexity index is 803. The van der Waals surface area contributed by atoms with Gasteiger partial charge < -0.3 is 19.7 Å². The molecule has 1 aliphatic rings. The fraction of sp³-hybridized carbons (Fsp3) is 0.421. The van der Waals surface area contributed by atoms with Gasteiger partial charge in [-0.15, -0.1) is 0 Å². The van der Waals surface area contributed by atoms with Crippen LogP contribution in [0.1, 0.15) is 12.8 Å². The summed E-state index contributed by atoms with van der Waals surface area (Å²) >= 11 is 0. The average molecular weight is 450 g/mol. The minimum absolute atomic E-state index is 0.0802. The number of carbonyl (C=O) groups is 3. The highest BCUT2D eigenvalue weighted by atomic mass is 19.4. The number of hydrogen-bond donors (Lipinski definition) is 1. The lowest BCUT2D eigenvalue weighted by Gasteiger charge is -2.29. The van der Waals surface area contributed by atoms with E-state index in [9.17, 15) is 36.3 Å². The van der Waals surface area contributed by atoms with Gasteiger partial charge in [0, 0.05) is 31.1 Å². The molecule has 0 unspecified atom stereocenters. The molecule has 170 valence electrons. The molecule has 0 radical (unpaired) electrons. The van der Waals surface area contributed by atoms with E-state index < -0.39 is 43.0 Å². The molecule has 1 N–H and O–H groups in total. The van der Waals surface area contributed by atoms with Crippen molar-refractivity contribution in [2.45, 2.75) is 25.6 Å². The number of likely N-dealkylation sites (tertiary alicyclic amines) is 1. The third-order valence-corrected chi connectivity index (χ3v) is 4.29. The maximum absolute atomic E-state index is 12.2. The molecule has 0 aromatic heterocycles. The number of rotatable bonds is 8. The summed E-state index contributed by atoms with van der Waals surface area (Å²) in [4.78, 5) is 36.3. The largest absolute Gasteiger partial charge is 0.455 e. The summed E-state index contributed by atoms with van der Waals surface area (Å²) in [5.74, 6) is -3.83. The van der Waals surface area contributed by atoms with E-state index in [1.165, 1.54) is 29.2 Å². The van der Waals surface area contributed by atoms with Gasteiger partial charge in [0.2, 0.25) is 0 Å². The lowest BCUT2D eigenvalue weighted by Crippen LogP contribution is -2.35. The topological polar surface area (TPSA) is 84.9 Å². The number of anilines is 1. The monoisotopic (exact) mass is 450 g/mol. The van der Waals surface area contributed by atoms with E-state index in [0.29, 0.717) is 6.08 Å². The molecule has 1 aliphatic heterocycles. The number of nitrogens with one attached hydrogen (secondary N) is 1. The van der Waals surface area contributed by atoms with Crippen molar-refractivity contribution in [1.82, 2.24) is 4.90 Å². The van der Waals surface area contributed by atoms with Gasteiger partial charge in [0.05, 0.1) is 5.92 Å². The third kappa shape index (κ3) is 8.22. The van der Waals surface area contributed by atoms with Crippen molar-refractivity contribution < 1.29 is 45.8 Å². The van der Waals surface area contributed by atoms with Crippen molar-refractivity contribution >= 4 is 23.3 Å². The number of hydrogen-bond acceptors (Lipinski definition) is 6. The van der Waals surface area contributed by atoms with Crippen LogP contribution in [-0.2, 0) is 19.1 Å². The van der Waals surface area contributed by atoms with Crippen molar-refractivity contribution in [3.05, 3.63) is 36.5 Å². The van der Waals surface area contributed by atoms with Crippen LogP contribution < -0.4 is 10.1 Å². The Hall–Kier alpha value is -3.18. The SMILES string of the molecule is O=C(COC(=O)C1CCN(/C=C/C(=O)C(F)(F)F)CC1)Nc1ccc(OC(F)F)cc1. The van der Waals surface area contributed by atoms with Crippen LogP contribution in [0, 0.1) is 5.92 Å². The van der Waals surface area contributed by atoms with E-state index in [0.717, 1.165) is 6.20 Å². The smallest absolute Gasteiger partial charge is 0.454 e. The molecule has 31 heavy (non-hydrogen) atoms. The molecule has 0 saturated carbocycles. The van der Waals surface area contributed by atoms with Crippen molar-refractivity contribution in [3.8, 4) is 5.75 Å². The minimum Gasteiger partial charge on any atom is -0.455 e. The summed E-state index contributed by atoms with van der Waals surface area (Å²) in [5.41, 5.74) is 0.288. The number of amides is 1. The summed E-state index contributed by atoms with van der Waals surface area (Å²) < 4.78 is 69.9. The minimum atomic E-state index is -4.93. The number of piperidine rings is 1. The summed E-state index contributed by atoms with van der Waals surface area (Å²) in [6.45, 7) is -3.03. The quantitative estimate of drug-likeness (QED) is 0.372. The Balaban J connectivity index is 1.71. The predicted octanol–water partition coefficient (Wildman–Crippen LogP) is 3.13. The number of ether oxygens (including phenoxy) is 2. The van der Waals surface area contributed by atoms with Crippen molar-refractivity contribution in [3.63, 3.8) is 0 Å². The van der Waals surface area contributed by atoms with Crippen LogP contribution in [-0.4, -0.2) is 55.0 Å². The fourth-order valence-corrected chi connectivity index (χ4v) is 2.72. The van der Waals surface area contributed by atoms with Gasteiger partial charge in [0.15, 0.2) is 6.61 Å². The van der Waals surface area contributed by atoms with Crippen LogP contribution in [0.3, 0.4) is 0 Å². The molecular weight excluding hydrogens is 431 g/mol. The molecule has 0 aliphatic carbocycles. The van der Waals surface area contributed by atoms with Gasteiger partial charge in [-0.2, -0.15) is 22.0 Å². The first-order valence-corrected chi connectivity index (χ1v) is 9.09. The standard InChI is InChI=1S/C19H19F5N2O5/c20-18(21)31-14-3-1-13(2-4-14)25-16(28)11-30-17(29)12-5-8-26(9-6-12)10-7-15(27)19(22,23)24/h1-4,7,10,12,18H,5-6,8-9,11H2,(H,25,28)/b10-7+. The number of halogens is 5. The molecule has 0 bridgehead atoms. The molecule has 7 nitrogen and oxygen atoms in total. The zero-order chi connectivity index (χ0) is 23.0. The number of ketones is 1. The number of esters is 1. The van der Waals surface area contributed by atoms with E-state index >= 15 is 0 Å². The second-order valence-electron chi connectivity index (χ2n) is 6.55. The van der Waals surface area contributed by atoms with Crippen molar-refractivity contribution in [2.24, 2.45) is 5.92 Å². The van der Waals surface area contributed by atoms with E-state index in [2.05, 4.69) is 10.1 Å². The molecule has 1 heterocycles. The molecular formula is C19H19F5N2O5. The summed E-state index contributed by atoms with van der Waals surface area (Å²) in [6.07, 6.45) is -2.87. The molecule has 1 saturated heterocycles. The van der Waals surface area contributed by atoms with Crippen LogP contribution in [0.15, 0.2) is 36.5 Å². The normalized spacial score (nSPS) is 15.2. The van der Waals surface area contributed by atoms with Gasteiger partial charge in [-0.05, 0) is 37.1 Å². The molecule has 12 heteroatoms. The number of carbonyl (C=O) groups excluding carboxylic acids is 3. The Morgan fingerprint density at radius 3 is 2.29 bits per heavy atom. The molecule has 1 amide bonds. The van der Waals surface area contributed by atoms with Gasteiger partial charge >= 0.3 is 18.8 Å². The van der Waals surface area contributed by atoms with Crippen molar-refractivity contribution in [1.29, 1.82) is 0 Å². The number of allylic oxidation sites excluding steroid dienone is 1. The Labute approximate surface area is 173 Å². The highest BCUT2D eigenvalue weighted by Crippen LogP contribution is 2.21. The summed E-state index contributed by atoms with van der Waals surface area (Å²) in [6, 6.07) is 5.14. The Kier molecular flexibility index (Phi) is 8.34. The van der Waals surface area contributed by atoms with Crippen LogP contribution in [0.4, 0.5) is 27.6 Å². The highest BCUT2D eigenvalue weighted by Gasteiger charge is 2.36. The number of alkyl halides is 5. The van der Waals surface area contributed by atoms with Gasteiger partial charge in [0.25, 0.3) is 11.7 Å². The second-order valence-corrected chi connectivity index (χ2v) is 6.55. The third-order valence-electron chi connectivity index (χ3n) is 4.29. The van der Waals surface area contributed by atoms with Gasteiger partial charge in [-0.25, -0.2) is 0 Å². The van der Waals surface area contributed by atoms with Gasteiger partial charge in [-0.1, -0.05) is 0 Å². The summed E-state index contributed by atoms with van der Waals surface area (Å²) in [5, 5.41) is 2.43. The number of nitrogens with zero attached hydrogens (tertiary/aromatic N) is 1. The zero-order valence-electron chi connectivity index (χ0n) is 16.0. The van der Waals surface area contributed by atoms with Gasteiger partial charge in [-0.3, -0.25) is 14.4 Å². The van der Waals surface area contributed by atoms with E-state index in [-0.39, 0.29) is 37.4 Å². The zero-order valence-corrected chi connectivity index (χ0v) is 16.0. The second kappa shape index (κ2) is 10.7. The molecule has 1 aromatic rings. The first-order valence-electron chi connectivity index (χ1n) is 9.09. The molecule has 2 rings (SSSR count). The Morgan fingerprint density at radius 2 is 1.74 bits per heavy atom. The Morgan fingerprint density at radius 1 is 1.13 bits per heavy atom. The molecule has 1 aromatic carbocycles. The predicted molar refractivity (Wildman–Crippen MR) is 97.2 cm³/mol.